The standard InChI is InChI=1S/C17H22N2O3S/c1-2-15-17(14(1)11-21-12-16-18-4-8-23-16)22-7-5-19(15)9-13-3-6-20-10-13/h3-4,6,8,10,14-15,17H,1-2,5,7,9,11-12H2/t14-,15+,17+/m0/s1. The Kier molecular flexibility index (Phi) is 4.75. The molecule has 5 nitrogen and oxygen atoms in total. The first-order valence-corrected chi connectivity index (χ1v) is 9.11. The van der Waals surface area contributed by atoms with E-state index in [0.717, 1.165) is 31.3 Å². The lowest BCUT2D eigenvalue weighted by Gasteiger charge is -2.39. The molecular formula is C17H22N2O3S. The second-order valence-corrected chi connectivity index (χ2v) is 7.26. The number of hydrogen-bond donors (Lipinski definition) is 0. The van der Waals surface area contributed by atoms with Gasteiger partial charge in [0.2, 0.25) is 0 Å². The van der Waals surface area contributed by atoms with Crippen LogP contribution in [0.3, 0.4) is 0 Å². The Hall–Kier alpha value is -1.21. The molecule has 1 saturated heterocycles. The molecule has 0 aromatic carbocycles. The minimum Gasteiger partial charge on any atom is -0.472 e. The third-order valence-electron chi connectivity index (χ3n) is 4.84. The minimum absolute atomic E-state index is 0.298. The smallest absolute Gasteiger partial charge is 0.118 e. The van der Waals surface area contributed by atoms with E-state index in [1.54, 1.807) is 17.6 Å². The topological polar surface area (TPSA) is 47.7 Å². The zero-order chi connectivity index (χ0) is 15.5. The lowest BCUT2D eigenvalue weighted by molar-refractivity contribution is -0.0891. The summed E-state index contributed by atoms with van der Waals surface area (Å²) >= 11 is 1.65. The summed E-state index contributed by atoms with van der Waals surface area (Å²) in [7, 11) is 0. The van der Waals surface area contributed by atoms with Crippen LogP contribution < -0.4 is 0 Å². The molecule has 4 rings (SSSR count). The van der Waals surface area contributed by atoms with Crippen molar-refractivity contribution in [2.24, 2.45) is 5.92 Å². The third-order valence-corrected chi connectivity index (χ3v) is 5.59. The summed E-state index contributed by atoms with van der Waals surface area (Å²) in [5.41, 5.74) is 1.24. The van der Waals surface area contributed by atoms with E-state index in [9.17, 15) is 0 Å². The number of rotatable bonds is 6. The third kappa shape index (κ3) is 3.50. The SMILES string of the molecule is c1csc(COC[C@@H]2CC[C@@H]3[C@@H]2OCCN3Cc2ccoc2)n1. The molecule has 2 aromatic heterocycles. The fourth-order valence-corrected chi connectivity index (χ4v) is 4.30. The van der Waals surface area contributed by atoms with Crippen molar-refractivity contribution < 1.29 is 13.9 Å². The van der Waals surface area contributed by atoms with Gasteiger partial charge in [0.25, 0.3) is 0 Å². The first-order chi connectivity index (χ1) is 11.4. The summed E-state index contributed by atoms with van der Waals surface area (Å²) in [5, 5.41) is 3.04. The molecule has 6 heteroatoms. The largest absolute Gasteiger partial charge is 0.472 e. The van der Waals surface area contributed by atoms with Crippen LogP contribution in [-0.2, 0) is 22.6 Å². The van der Waals surface area contributed by atoms with Crippen molar-refractivity contribution in [3.8, 4) is 0 Å². The van der Waals surface area contributed by atoms with Gasteiger partial charge in [0.05, 0.1) is 38.5 Å². The highest BCUT2D eigenvalue weighted by atomic mass is 32.1. The molecule has 1 saturated carbocycles. The van der Waals surface area contributed by atoms with Crippen LogP contribution in [0.25, 0.3) is 0 Å². The van der Waals surface area contributed by atoms with E-state index >= 15 is 0 Å². The first kappa shape index (κ1) is 15.3. The van der Waals surface area contributed by atoms with Gasteiger partial charge in [-0.1, -0.05) is 0 Å². The van der Waals surface area contributed by atoms with Crippen molar-refractivity contribution in [1.29, 1.82) is 0 Å². The van der Waals surface area contributed by atoms with Crippen LogP contribution >= 0.6 is 11.3 Å². The van der Waals surface area contributed by atoms with E-state index in [0.29, 0.717) is 24.7 Å². The molecule has 2 fully saturated rings. The molecule has 0 bridgehead atoms. The fourth-order valence-electron chi connectivity index (χ4n) is 3.75. The molecule has 1 aliphatic heterocycles. The summed E-state index contributed by atoms with van der Waals surface area (Å²) in [5.74, 6) is 0.493. The summed E-state index contributed by atoms with van der Waals surface area (Å²) in [6.45, 7) is 4.14. The molecular weight excluding hydrogens is 312 g/mol. The normalized spacial score (nSPS) is 28.1. The van der Waals surface area contributed by atoms with Crippen LogP contribution in [0.4, 0.5) is 0 Å². The summed E-state index contributed by atoms with van der Waals surface area (Å²) in [6.07, 6.45) is 8.08. The summed E-state index contributed by atoms with van der Waals surface area (Å²) in [4.78, 5) is 6.80. The number of morpholine rings is 1. The molecule has 0 amide bonds. The van der Waals surface area contributed by atoms with Gasteiger partial charge in [0, 0.05) is 42.2 Å². The maximum absolute atomic E-state index is 6.09. The predicted octanol–water partition coefficient (Wildman–Crippen LogP) is 2.93. The van der Waals surface area contributed by atoms with Crippen molar-refractivity contribution >= 4 is 11.3 Å². The maximum Gasteiger partial charge on any atom is 0.118 e. The first-order valence-electron chi connectivity index (χ1n) is 8.23. The second kappa shape index (κ2) is 7.13. The molecule has 124 valence electrons. The zero-order valence-corrected chi connectivity index (χ0v) is 13.9. The van der Waals surface area contributed by atoms with Crippen molar-refractivity contribution in [2.45, 2.75) is 38.1 Å². The molecule has 0 radical (unpaired) electrons. The summed E-state index contributed by atoms with van der Waals surface area (Å²) < 4.78 is 17.2. The van der Waals surface area contributed by atoms with E-state index in [2.05, 4.69) is 9.88 Å². The number of furan rings is 1. The van der Waals surface area contributed by atoms with Crippen molar-refractivity contribution in [3.05, 3.63) is 40.7 Å². The van der Waals surface area contributed by atoms with Crippen LogP contribution in [0.1, 0.15) is 23.4 Å². The lowest BCUT2D eigenvalue weighted by atomic mass is 10.0. The Morgan fingerprint density at radius 1 is 1.39 bits per heavy atom. The Bertz CT molecular complexity index is 587. The molecule has 0 N–H and O–H groups in total. The fraction of sp³-hybridized carbons (Fsp3) is 0.588. The van der Waals surface area contributed by atoms with Crippen LogP contribution in [0.5, 0.6) is 0 Å². The van der Waals surface area contributed by atoms with Crippen LogP contribution in [0.2, 0.25) is 0 Å². The van der Waals surface area contributed by atoms with Gasteiger partial charge < -0.3 is 13.9 Å². The Balaban J connectivity index is 1.31. The van der Waals surface area contributed by atoms with E-state index < -0.39 is 0 Å². The predicted molar refractivity (Wildman–Crippen MR) is 87.1 cm³/mol. The minimum atomic E-state index is 0.298. The molecule has 23 heavy (non-hydrogen) atoms. The quantitative estimate of drug-likeness (QED) is 0.813. The monoisotopic (exact) mass is 334 g/mol. The van der Waals surface area contributed by atoms with Crippen LogP contribution in [0.15, 0.2) is 34.6 Å². The number of aromatic nitrogens is 1. The number of fused-ring (bicyclic) bond motifs is 1. The average molecular weight is 334 g/mol. The Morgan fingerprint density at radius 3 is 3.22 bits per heavy atom. The van der Waals surface area contributed by atoms with E-state index in [4.69, 9.17) is 13.9 Å². The molecule has 0 unspecified atom stereocenters. The van der Waals surface area contributed by atoms with E-state index in [1.165, 1.54) is 18.4 Å². The molecule has 0 spiro atoms. The van der Waals surface area contributed by atoms with E-state index in [-0.39, 0.29) is 0 Å². The van der Waals surface area contributed by atoms with Gasteiger partial charge in [0.1, 0.15) is 5.01 Å². The highest BCUT2D eigenvalue weighted by molar-refractivity contribution is 7.09. The van der Waals surface area contributed by atoms with Gasteiger partial charge in [0.15, 0.2) is 0 Å². The molecule has 2 aliphatic rings. The van der Waals surface area contributed by atoms with Gasteiger partial charge in [-0.25, -0.2) is 4.98 Å². The van der Waals surface area contributed by atoms with Crippen LogP contribution in [0, 0.1) is 5.92 Å². The molecule has 3 heterocycles. The highest BCUT2D eigenvalue weighted by Crippen LogP contribution is 2.35. The van der Waals surface area contributed by atoms with Gasteiger partial charge in [-0.15, -0.1) is 11.3 Å². The molecule has 3 atom stereocenters. The number of ether oxygens (including phenoxy) is 2. The average Bonchev–Trinajstić information content (AvgIpc) is 3.30. The Morgan fingerprint density at radius 2 is 2.39 bits per heavy atom. The number of nitrogens with zero attached hydrogens (tertiary/aromatic N) is 2. The van der Waals surface area contributed by atoms with E-state index in [1.807, 2.05) is 23.9 Å². The lowest BCUT2D eigenvalue weighted by Crippen LogP contribution is -2.50. The maximum atomic E-state index is 6.09. The van der Waals surface area contributed by atoms with Crippen molar-refractivity contribution in [2.75, 3.05) is 19.8 Å². The zero-order valence-electron chi connectivity index (χ0n) is 13.1. The Labute approximate surface area is 140 Å². The van der Waals surface area contributed by atoms with Gasteiger partial charge in [-0.05, 0) is 18.9 Å². The van der Waals surface area contributed by atoms with Crippen molar-refractivity contribution in [3.63, 3.8) is 0 Å². The summed E-state index contributed by atoms with van der Waals surface area (Å²) in [6, 6.07) is 2.56. The van der Waals surface area contributed by atoms with Gasteiger partial charge in [-0.3, -0.25) is 4.90 Å². The number of thiazole rings is 1. The van der Waals surface area contributed by atoms with Crippen molar-refractivity contribution in [1.82, 2.24) is 9.88 Å². The van der Waals surface area contributed by atoms with Crippen LogP contribution in [-0.4, -0.2) is 41.8 Å². The molecule has 2 aromatic rings. The van der Waals surface area contributed by atoms with Gasteiger partial charge >= 0.3 is 0 Å². The second-order valence-electron chi connectivity index (χ2n) is 6.28. The number of hydrogen-bond acceptors (Lipinski definition) is 6. The highest BCUT2D eigenvalue weighted by Gasteiger charge is 2.42. The van der Waals surface area contributed by atoms with Gasteiger partial charge in [-0.2, -0.15) is 0 Å². The molecule has 1 aliphatic carbocycles.